The predicted molar refractivity (Wildman–Crippen MR) is 46.7 cm³/mol. The van der Waals surface area contributed by atoms with Crippen LogP contribution in [0.4, 0.5) is 10.1 Å². The Hall–Kier alpha value is -1.42. The lowest BCUT2D eigenvalue weighted by atomic mass is 10.1. The molecule has 0 aromatic heterocycles. The number of hydrogen-bond acceptors (Lipinski definition) is 2. The van der Waals surface area contributed by atoms with Crippen LogP contribution in [0.1, 0.15) is 17.2 Å². The minimum Gasteiger partial charge on any atom is -0.324 e. The van der Waals surface area contributed by atoms with E-state index in [1.54, 1.807) is 6.92 Å². The quantitative estimate of drug-likeness (QED) is 0.627. The summed E-state index contributed by atoms with van der Waals surface area (Å²) < 4.78 is 12.9. The lowest BCUT2D eigenvalue weighted by Crippen LogP contribution is -2.19. The lowest BCUT2D eigenvalue weighted by Gasteiger charge is -2.03. The first-order chi connectivity index (χ1) is 6.09. The summed E-state index contributed by atoms with van der Waals surface area (Å²) >= 11 is 0. The molecule has 0 radical (unpaired) electrons. The molecule has 0 saturated carbocycles. The topological polar surface area (TPSA) is 55.1 Å². The predicted octanol–water partition coefficient (Wildman–Crippen LogP) is 1.09. The zero-order valence-corrected chi connectivity index (χ0v) is 7.10. The van der Waals surface area contributed by atoms with Gasteiger partial charge in [-0.2, -0.15) is 0 Å². The monoisotopic (exact) mass is 180 g/mol. The van der Waals surface area contributed by atoms with Crippen LogP contribution in [0.2, 0.25) is 0 Å². The summed E-state index contributed by atoms with van der Waals surface area (Å²) in [6.45, 7) is 1.74. The molecule has 1 atom stereocenters. The van der Waals surface area contributed by atoms with E-state index in [9.17, 15) is 9.18 Å². The number of carbonyl (C=O) groups is 1. The van der Waals surface area contributed by atoms with Gasteiger partial charge in [0.15, 0.2) is 0 Å². The molecule has 0 aliphatic carbocycles. The van der Waals surface area contributed by atoms with Crippen LogP contribution in [0, 0.1) is 12.7 Å². The maximum absolute atomic E-state index is 12.9. The number of halogens is 1. The molecule has 1 heterocycles. The highest BCUT2D eigenvalue weighted by atomic mass is 19.1. The third kappa shape index (κ3) is 1.10. The Kier molecular flexibility index (Phi) is 1.60. The van der Waals surface area contributed by atoms with Gasteiger partial charge >= 0.3 is 0 Å². The SMILES string of the molecule is Cc1cc(F)cc2c1NC(=O)C2N. The van der Waals surface area contributed by atoms with Crippen LogP contribution in [-0.4, -0.2) is 5.91 Å². The van der Waals surface area contributed by atoms with E-state index in [-0.39, 0.29) is 11.7 Å². The summed E-state index contributed by atoms with van der Waals surface area (Å²) in [4.78, 5) is 11.1. The Bertz CT molecular complexity index is 389. The van der Waals surface area contributed by atoms with Gasteiger partial charge in [0.25, 0.3) is 0 Å². The number of nitrogens with two attached hydrogens (primary N) is 1. The van der Waals surface area contributed by atoms with Gasteiger partial charge in [-0.05, 0) is 24.6 Å². The number of benzene rings is 1. The van der Waals surface area contributed by atoms with Gasteiger partial charge in [0.2, 0.25) is 5.91 Å². The fourth-order valence-electron chi connectivity index (χ4n) is 1.53. The highest BCUT2D eigenvalue weighted by Crippen LogP contribution is 2.32. The maximum atomic E-state index is 12.9. The first kappa shape index (κ1) is 8.19. The van der Waals surface area contributed by atoms with E-state index in [1.165, 1.54) is 12.1 Å². The standard InChI is InChI=1S/C9H9FN2O/c1-4-2-5(10)3-6-7(11)9(13)12-8(4)6/h2-3,7H,11H2,1H3,(H,12,13). The number of carbonyl (C=O) groups excluding carboxylic acids is 1. The van der Waals surface area contributed by atoms with E-state index in [0.29, 0.717) is 16.8 Å². The van der Waals surface area contributed by atoms with Crippen molar-refractivity contribution < 1.29 is 9.18 Å². The third-order valence-corrected chi connectivity index (χ3v) is 2.20. The average Bonchev–Trinajstić information content (AvgIpc) is 2.32. The van der Waals surface area contributed by atoms with Crippen molar-refractivity contribution in [2.45, 2.75) is 13.0 Å². The normalized spacial score (nSPS) is 19.9. The molecule has 3 nitrogen and oxygen atoms in total. The second kappa shape index (κ2) is 2.53. The first-order valence-electron chi connectivity index (χ1n) is 3.96. The summed E-state index contributed by atoms with van der Waals surface area (Å²) in [5.41, 5.74) is 7.45. The Morgan fingerprint density at radius 3 is 2.92 bits per heavy atom. The first-order valence-corrected chi connectivity index (χ1v) is 3.96. The molecular formula is C9H9FN2O. The Labute approximate surface area is 74.7 Å². The summed E-state index contributed by atoms with van der Waals surface area (Å²) in [6, 6.07) is 1.94. The zero-order chi connectivity index (χ0) is 9.59. The fraction of sp³-hybridized carbons (Fsp3) is 0.222. The second-order valence-corrected chi connectivity index (χ2v) is 3.15. The molecule has 0 saturated heterocycles. The summed E-state index contributed by atoms with van der Waals surface area (Å²) in [5, 5.41) is 2.61. The van der Waals surface area contributed by atoms with E-state index >= 15 is 0 Å². The minimum atomic E-state index is -0.732. The minimum absolute atomic E-state index is 0.274. The van der Waals surface area contributed by atoms with Crippen LogP contribution in [0.15, 0.2) is 12.1 Å². The van der Waals surface area contributed by atoms with Crippen molar-refractivity contribution in [2.75, 3.05) is 5.32 Å². The van der Waals surface area contributed by atoms with Crippen molar-refractivity contribution in [3.8, 4) is 0 Å². The van der Waals surface area contributed by atoms with E-state index in [4.69, 9.17) is 5.73 Å². The van der Waals surface area contributed by atoms with Crippen molar-refractivity contribution >= 4 is 11.6 Å². The molecule has 3 N–H and O–H groups in total. The van der Waals surface area contributed by atoms with Crippen LogP contribution in [0.25, 0.3) is 0 Å². The van der Waals surface area contributed by atoms with Crippen LogP contribution in [0.3, 0.4) is 0 Å². The van der Waals surface area contributed by atoms with Crippen molar-refractivity contribution in [1.29, 1.82) is 0 Å². The number of hydrogen-bond donors (Lipinski definition) is 2. The molecule has 1 aromatic rings. The van der Waals surface area contributed by atoms with E-state index < -0.39 is 6.04 Å². The molecule has 1 unspecified atom stereocenters. The van der Waals surface area contributed by atoms with Gasteiger partial charge in [0.05, 0.1) is 0 Å². The molecule has 4 heteroatoms. The molecule has 1 aliphatic rings. The molecule has 68 valence electrons. The zero-order valence-electron chi connectivity index (χ0n) is 7.10. The van der Waals surface area contributed by atoms with Gasteiger partial charge in [-0.15, -0.1) is 0 Å². The van der Waals surface area contributed by atoms with Crippen LogP contribution >= 0.6 is 0 Å². The van der Waals surface area contributed by atoms with Crippen LogP contribution in [0.5, 0.6) is 0 Å². The molecular weight excluding hydrogens is 171 g/mol. The van der Waals surface area contributed by atoms with Crippen molar-refractivity contribution in [1.82, 2.24) is 0 Å². The maximum Gasteiger partial charge on any atom is 0.245 e. The molecule has 0 bridgehead atoms. The number of amides is 1. The smallest absolute Gasteiger partial charge is 0.245 e. The summed E-state index contributed by atoms with van der Waals surface area (Å²) in [7, 11) is 0. The van der Waals surface area contributed by atoms with Gasteiger partial charge in [-0.3, -0.25) is 4.79 Å². The van der Waals surface area contributed by atoms with E-state index in [1.807, 2.05) is 0 Å². The summed E-state index contributed by atoms with van der Waals surface area (Å²) in [6.07, 6.45) is 0. The number of aryl methyl sites for hydroxylation is 1. The highest BCUT2D eigenvalue weighted by Gasteiger charge is 2.28. The van der Waals surface area contributed by atoms with Gasteiger partial charge in [-0.25, -0.2) is 4.39 Å². The number of nitrogens with one attached hydrogen (secondary N) is 1. The third-order valence-electron chi connectivity index (χ3n) is 2.20. The average molecular weight is 180 g/mol. The van der Waals surface area contributed by atoms with Crippen LogP contribution in [-0.2, 0) is 4.79 Å². The van der Waals surface area contributed by atoms with E-state index in [2.05, 4.69) is 5.32 Å². The lowest BCUT2D eigenvalue weighted by molar-refractivity contribution is -0.116. The molecule has 1 aromatic carbocycles. The number of anilines is 1. The molecule has 2 rings (SSSR count). The second-order valence-electron chi connectivity index (χ2n) is 3.15. The number of rotatable bonds is 0. The van der Waals surface area contributed by atoms with Gasteiger partial charge < -0.3 is 11.1 Å². The van der Waals surface area contributed by atoms with E-state index in [0.717, 1.165) is 0 Å². The Balaban J connectivity index is 2.63. The molecule has 1 aliphatic heterocycles. The van der Waals surface area contributed by atoms with Crippen molar-refractivity contribution in [2.24, 2.45) is 5.73 Å². The largest absolute Gasteiger partial charge is 0.324 e. The van der Waals surface area contributed by atoms with Crippen molar-refractivity contribution in [3.05, 3.63) is 29.1 Å². The van der Waals surface area contributed by atoms with Gasteiger partial charge in [0.1, 0.15) is 11.9 Å². The number of fused-ring (bicyclic) bond motifs is 1. The van der Waals surface area contributed by atoms with Gasteiger partial charge in [0, 0.05) is 11.3 Å². The summed E-state index contributed by atoms with van der Waals surface area (Å²) in [5.74, 6) is -0.632. The Morgan fingerprint density at radius 1 is 1.54 bits per heavy atom. The molecule has 0 spiro atoms. The highest BCUT2D eigenvalue weighted by molar-refractivity contribution is 6.03. The molecule has 13 heavy (non-hydrogen) atoms. The van der Waals surface area contributed by atoms with Crippen molar-refractivity contribution in [3.63, 3.8) is 0 Å². The Morgan fingerprint density at radius 2 is 2.23 bits per heavy atom. The van der Waals surface area contributed by atoms with Crippen LogP contribution < -0.4 is 11.1 Å². The fourth-order valence-corrected chi connectivity index (χ4v) is 1.53. The molecule has 1 amide bonds. The molecule has 0 fully saturated rings. The van der Waals surface area contributed by atoms with Gasteiger partial charge in [-0.1, -0.05) is 0 Å².